The summed E-state index contributed by atoms with van der Waals surface area (Å²) in [6.07, 6.45) is 1.39. The molecule has 1 heterocycles. The third-order valence-corrected chi connectivity index (χ3v) is 1.85. The monoisotopic (exact) mass is 219 g/mol. The lowest BCUT2D eigenvalue weighted by Gasteiger charge is -2.10. The first-order valence-corrected chi connectivity index (χ1v) is 4.83. The van der Waals surface area contributed by atoms with Crippen LogP contribution in [0.1, 0.15) is 29.8 Å². The molecule has 84 valence electrons. The van der Waals surface area contributed by atoms with Crippen molar-refractivity contribution in [2.24, 2.45) is 0 Å². The minimum absolute atomic E-state index is 0.170. The Hall–Kier alpha value is -2.09. The maximum atomic E-state index is 11.2. The van der Waals surface area contributed by atoms with Crippen molar-refractivity contribution in [2.45, 2.75) is 19.9 Å². The third kappa shape index (κ3) is 2.70. The molecular weight excluding hydrogens is 206 g/mol. The molecule has 0 atom stereocenters. The first-order chi connectivity index (χ1) is 7.58. The van der Waals surface area contributed by atoms with Crippen LogP contribution in [0.4, 0.5) is 5.82 Å². The van der Waals surface area contributed by atoms with Gasteiger partial charge in [-0.2, -0.15) is 5.26 Å². The van der Waals surface area contributed by atoms with Crippen LogP contribution in [-0.2, 0) is 4.74 Å². The Balaban J connectivity index is 3.08. The molecule has 0 aromatic carbocycles. The molecule has 1 aromatic heterocycles. The zero-order valence-electron chi connectivity index (χ0n) is 9.44. The van der Waals surface area contributed by atoms with Crippen molar-refractivity contribution in [2.75, 3.05) is 12.4 Å². The summed E-state index contributed by atoms with van der Waals surface area (Å²) < 4.78 is 4.55. The van der Waals surface area contributed by atoms with Crippen LogP contribution in [0.15, 0.2) is 12.3 Å². The molecule has 0 saturated heterocycles. The lowest BCUT2D eigenvalue weighted by Crippen LogP contribution is -2.13. The molecule has 16 heavy (non-hydrogen) atoms. The maximum Gasteiger partial charge on any atom is 0.339 e. The highest BCUT2D eigenvalue weighted by Gasteiger charge is 2.11. The van der Waals surface area contributed by atoms with Crippen molar-refractivity contribution < 1.29 is 9.53 Å². The smallest absolute Gasteiger partial charge is 0.339 e. The summed E-state index contributed by atoms with van der Waals surface area (Å²) in [5.74, 6) is -0.0229. The van der Waals surface area contributed by atoms with Gasteiger partial charge in [0.2, 0.25) is 0 Å². The van der Waals surface area contributed by atoms with Gasteiger partial charge in [-0.05, 0) is 19.9 Å². The summed E-state index contributed by atoms with van der Waals surface area (Å²) >= 11 is 0. The van der Waals surface area contributed by atoms with Gasteiger partial charge in [-0.1, -0.05) is 0 Å². The van der Waals surface area contributed by atoms with Crippen molar-refractivity contribution in [3.05, 3.63) is 23.4 Å². The molecule has 0 amide bonds. The molecule has 1 aromatic rings. The van der Waals surface area contributed by atoms with E-state index >= 15 is 0 Å². The van der Waals surface area contributed by atoms with E-state index in [1.54, 1.807) is 0 Å². The van der Waals surface area contributed by atoms with Crippen molar-refractivity contribution in [1.82, 2.24) is 4.98 Å². The fraction of sp³-hybridized carbons (Fsp3) is 0.364. The molecule has 0 fully saturated rings. The van der Waals surface area contributed by atoms with Crippen LogP contribution in [0, 0.1) is 11.3 Å². The Morgan fingerprint density at radius 2 is 2.31 bits per heavy atom. The van der Waals surface area contributed by atoms with E-state index in [1.165, 1.54) is 19.4 Å². The first kappa shape index (κ1) is 12.0. The van der Waals surface area contributed by atoms with Crippen molar-refractivity contribution in [1.29, 1.82) is 5.26 Å². The van der Waals surface area contributed by atoms with Crippen LogP contribution in [0.25, 0.3) is 0 Å². The summed E-state index contributed by atoms with van der Waals surface area (Å²) in [5, 5.41) is 12.0. The molecule has 1 N–H and O–H groups in total. The Bertz CT molecular complexity index is 435. The average molecular weight is 219 g/mol. The van der Waals surface area contributed by atoms with Crippen LogP contribution in [0.5, 0.6) is 0 Å². The molecule has 0 saturated carbocycles. The number of carbonyl (C=O) groups is 1. The van der Waals surface area contributed by atoms with Gasteiger partial charge in [0.05, 0.1) is 18.2 Å². The number of nitrogens with zero attached hydrogens (tertiary/aromatic N) is 2. The number of nitriles is 1. The van der Waals surface area contributed by atoms with Crippen LogP contribution < -0.4 is 5.32 Å². The van der Waals surface area contributed by atoms with Crippen molar-refractivity contribution in [3.63, 3.8) is 0 Å². The lowest BCUT2D eigenvalue weighted by molar-refractivity contribution is 0.0600. The van der Waals surface area contributed by atoms with E-state index in [-0.39, 0.29) is 11.6 Å². The number of nitrogens with one attached hydrogen (secondary N) is 1. The number of pyridine rings is 1. The van der Waals surface area contributed by atoms with Gasteiger partial charge in [-0.15, -0.1) is 0 Å². The van der Waals surface area contributed by atoms with Gasteiger partial charge >= 0.3 is 5.97 Å². The Labute approximate surface area is 94.1 Å². The largest absolute Gasteiger partial charge is 0.465 e. The molecule has 0 spiro atoms. The van der Waals surface area contributed by atoms with Crippen LogP contribution in [0.2, 0.25) is 0 Å². The highest BCUT2D eigenvalue weighted by molar-refractivity contribution is 5.89. The van der Waals surface area contributed by atoms with Crippen LogP contribution >= 0.6 is 0 Å². The number of hydrogen-bond acceptors (Lipinski definition) is 5. The topological polar surface area (TPSA) is 75.0 Å². The zero-order chi connectivity index (χ0) is 12.1. The molecule has 1 rings (SSSR count). The van der Waals surface area contributed by atoms with Gasteiger partial charge in [-0.25, -0.2) is 9.78 Å². The Kier molecular flexibility index (Phi) is 3.84. The predicted molar refractivity (Wildman–Crippen MR) is 59.1 cm³/mol. The molecule has 5 nitrogen and oxygen atoms in total. The van der Waals surface area contributed by atoms with Crippen LogP contribution in [-0.4, -0.2) is 24.1 Å². The number of carbonyl (C=O) groups excluding carboxylic acids is 1. The summed E-state index contributed by atoms with van der Waals surface area (Å²) in [6.45, 7) is 3.88. The summed E-state index contributed by atoms with van der Waals surface area (Å²) in [7, 11) is 1.29. The van der Waals surface area contributed by atoms with E-state index in [0.717, 1.165) is 0 Å². The second-order valence-electron chi connectivity index (χ2n) is 3.52. The van der Waals surface area contributed by atoms with Gasteiger partial charge < -0.3 is 10.1 Å². The van der Waals surface area contributed by atoms with Crippen molar-refractivity contribution in [3.8, 4) is 6.07 Å². The highest BCUT2D eigenvalue weighted by atomic mass is 16.5. The quantitative estimate of drug-likeness (QED) is 0.781. The number of methoxy groups -OCH3 is 1. The number of esters is 1. The standard InChI is InChI=1S/C11H13N3O2/c1-7(2)14-10-8(5-12)4-9(6-13-10)11(15)16-3/h4,6-7H,1-3H3,(H,13,14). The summed E-state index contributed by atoms with van der Waals surface area (Å²) in [6, 6.07) is 3.62. The lowest BCUT2D eigenvalue weighted by atomic mass is 10.2. The van der Waals surface area contributed by atoms with E-state index in [2.05, 4.69) is 15.0 Å². The molecule has 0 aliphatic carbocycles. The zero-order valence-corrected chi connectivity index (χ0v) is 9.44. The van der Waals surface area contributed by atoms with E-state index in [4.69, 9.17) is 5.26 Å². The average Bonchev–Trinajstić information content (AvgIpc) is 2.27. The number of hydrogen-bond donors (Lipinski definition) is 1. The molecule has 0 aliphatic heterocycles. The highest BCUT2D eigenvalue weighted by Crippen LogP contribution is 2.14. The van der Waals surface area contributed by atoms with Gasteiger partial charge in [0.25, 0.3) is 0 Å². The maximum absolute atomic E-state index is 11.2. The van der Waals surface area contributed by atoms with E-state index in [1.807, 2.05) is 19.9 Å². The van der Waals surface area contributed by atoms with Gasteiger partial charge in [-0.3, -0.25) is 0 Å². The molecule has 0 bridgehead atoms. The van der Waals surface area contributed by atoms with E-state index in [9.17, 15) is 4.79 Å². The molecule has 0 aliphatic rings. The first-order valence-electron chi connectivity index (χ1n) is 4.83. The van der Waals surface area contributed by atoms with Gasteiger partial charge in [0.1, 0.15) is 11.9 Å². The van der Waals surface area contributed by atoms with E-state index in [0.29, 0.717) is 11.4 Å². The van der Waals surface area contributed by atoms with Gasteiger partial charge in [0.15, 0.2) is 0 Å². The minimum atomic E-state index is -0.500. The van der Waals surface area contributed by atoms with Gasteiger partial charge in [0, 0.05) is 12.2 Å². The molecule has 5 heteroatoms. The summed E-state index contributed by atoms with van der Waals surface area (Å²) in [4.78, 5) is 15.2. The fourth-order valence-corrected chi connectivity index (χ4v) is 1.17. The van der Waals surface area contributed by atoms with Crippen molar-refractivity contribution >= 4 is 11.8 Å². The number of anilines is 1. The van der Waals surface area contributed by atoms with Crippen LogP contribution in [0.3, 0.4) is 0 Å². The Morgan fingerprint density at radius 3 is 2.81 bits per heavy atom. The summed E-state index contributed by atoms with van der Waals surface area (Å²) in [5.41, 5.74) is 0.602. The minimum Gasteiger partial charge on any atom is -0.465 e. The normalized spacial score (nSPS) is 9.69. The second-order valence-corrected chi connectivity index (χ2v) is 3.52. The second kappa shape index (κ2) is 5.12. The third-order valence-electron chi connectivity index (χ3n) is 1.85. The number of rotatable bonds is 3. The Morgan fingerprint density at radius 1 is 1.62 bits per heavy atom. The number of ether oxygens (including phenoxy) is 1. The predicted octanol–water partition coefficient (Wildman–Crippen LogP) is 1.56. The number of aromatic nitrogens is 1. The molecule has 0 unspecified atom stereocenters. The van der Waals surface area contributed by atoms with E-state index < -0.39 is 5.97 Å². The fourth-order valence-electron chi connectivity index (χ4n) is 1.17. The SMILES string of the molecule is COC(=O)c1cnc(NC(C)C)c(C#N)c1. The molecular formula is C11H13N3O2. The molecule has 0 radical (unpaired) electrons.